The summed E-state index contributed by atoms with van der Waals surface area (Å²) in [4.78, 5) is 28.2. The Labute approximate surface area is 118 Å². The fourth-order valence-electron chi connectivity index (χ4n) is 2.31. The number of morpholine rings is 1. The maximum absolute atomic E-state index is 11.9. The molecule has 0 aromatic carbocycles. The number of rotatable bonds is 4. The van der Waals surface area contributed by atoms with Gasteiger partial charge in [0.2, 0.25) is 0 Å². The van der Waals surface area contributed by atoms with Crippen LogP contribution in [0.25, 0.3) is 0 Å². The predicted octanol–water partition coefficient (Wildman–Crippen LogP) is 0.215. The Hall–Kier alpha value is -1.66. The summed E-state index contributed by atoms with van der Waals surface area (Å²) in [7, 11) is 0. The van der Waals surface area contributed by atoms with E-state index in [-0.39, 0.29) is 22.6 Å². The standard InChI is InChI=1S/C14H21N3O3/c1-14(2)10-20-9-8-17(14)7-6-16-13(19)11-4-3-5-15-12(11)18/h3-5H,6-10H2,1-2H3,(H,15,18)(H,16,19). The third-order valence-electron chi connectivity index (χ3n) is 3.55. The number of nitrogens with zero attached hydrogens (tertiary/aromatic N) is 1. The monoisotopic (exact) mass is 279 g/mol. The van der Waals surface area contributed by atoms with Gasteiger partial charge in [-0.25, -0.2) is 0 Å². The minimum atomic E-state index is -0.364. The molecule has 0 bridgehead atoms. The van der Waals surface area contributed by atoms with Gasteiger partial charge in [-0.3, -0.25) is 14.5 Å². The molecular weight excluding hydrogens is 258 g/mol. The molecule has 6 heteroatoms. The summed E-state index contributed by atoms with van der Waals surface area (Å²) in [6.07, 6.45) is 1.51. The van der Waals surface area contributed by atoms with Gasteiger partial charge in [-0.2, -0.15) is 0 Å². The van der Waals surface area contributed by atoms with E-state index in [1.165, 1.54) is 12.3 Å². The van der Waals surface area contributed by atoms with Crippen molar-refractivity contribution in [3.05, 3.63) is 34.2 Å². The first-order valence-corrected chi connectivity index (χ1v) is 6.79. The van der Waals surface area contributed by atoms with Crippen molar-refractivity contribution in [1.82, 2.24) is 15.2 Å². The van der Waals surface area contributed by atoms with E-state index in [0.29, 0.717) is 13.2 Å². The number of H-pyrrole nitrogens is 1. The van der Waals surface area contributed by atoms with Crippen LogP contribution in [0, 0.1) is 0 Å². The number of pyridine rings is 1. The number of ether oxygens (including phenoxy) is 1. The molecule has 0 saturated carbocycles. The lowest BCUT2D eigenvalue weighted by Gasteiger charge is -2.42. The average Bonchev–Trinajstić information content (AvgIpc) is 2.41. The zero-order valence-electron chi connectivity index (χ0n) is 11.9. The first-order valence-electron chi connectivity index (χ1n) is 6.79. The van der Waals surface area contributed by atoms with Crippen LogP contribution in [0.1, 0.15) is 24.2 Å². The molecule has 1 saturated heterocycles. The number of hydrogen-bond acceptors (Lipinski definition) is 4. The molecule has 0 spiro atoms. The van der Waals surface area contributed by atoms with Crippen molar-refractivity contribution in [2.24, 2.45) is 0 Å². The van der Waals surface area contributed by atoms with Crippen LogP contribution in [0.2, 0.25) is 0 Å². The van der Waals surface area contributed by atoms with Crippen LogP contribution >= 0.6 is 0 Å². The van der Waals surface area contributed by atoms with E-state index in [1.54, 1.807) is 6.07 Å². The van der Waals surface area contributed by atoms with Crippen LogP contribution < -0.4 is 10.9 Å². The molecule has 0 unspecified atom stereocenters. The van der Waals surface area contributed by atoms with Crippen LogP contribution in [-0.2, 0) is 4.74 Å². The fraction of sp³-hybridized carbons (Fsp3) is 0.571. The fourth-order valence-corrected chi connectivity index (χ4v) is 2.31. The van der Waals surface area contributed by atoms with Gasteiger partial charge in [0.1, 0.15) is 5.56 Å². The molecule has 0 atom stereocenters. The highest BCUT2D eigenvalue weighted by Crippen LogP contribution is 2.17. The van der Waals surface area contributed by atoms with E-state index < -0.39 is 0 Å². The van der Waals surface area contributed by atoms with E-state index in [1.807, 2.05) is 0 Å². The van der Waals surface area contributed by atoms with Gasteiger partial charge in [-0.05, 0) is 26.0 Å². The minimum Gasteiger partial charge on any atom is -0.378 e. The summed E-state index contributed by atoms with van der Waals surface area (Å²) in [6, 6.07) is 3.16. The van der Waals surface area contributed by atoms with Gasteiger partial charge in [-0.15, -0.1) is 0 Å². The van der Waals surface area contributed by atoms with Crippen LogP contribution in [0.5, 0.6) is 0 Å². The molecule has 0 radical (unpaired) electrons. The lowest BCUT2D eigenvalue weighted by molar-refractivity contribution is -0.0498. The smallest absolute Gasteiger partial charge is 0.260 e. The minimum absolute atomic E-state index is 0.0206. The Kier molecular flexibility index (Phi) is 4.57. The molecule has 110 valence electrons. The molecular formula is C14H21N3O3. The molecule has 1 aromatic heterocycles. The Morgan fingerprint density at radius 2 is 2.35 bits per heavy atom. The SMILES string of the molecule is CC1(C)COCCN1CCNC(=O)c1ccc[nH]c1=O. The number of amides is 1. The van der Waals surface area contributed by atoms with Crippen molar-refractivity contribution in [3.63, 3.8) is 0 Å². The van der Waals surface area contributed by atoms with Crippen molar-refractivity contribution in [2.75, 3.05) is 32.8 Å². The largest absolute Gasteiger partial charge is 0.378 e. The zero-order valence-corrected chi connectivity index (χ0v) is 11.9. The predicted molar refractivity (Wildman–Crippen MR) is 75.9 cm³/mol. The van der Waals surface area contributed by atoms with E-state index >= 15 is 0 Å². The van der Waals surface area contributed by atoms with Crippen molar-refractivity contribution in [3.8, 4) is 0 Å². The summed E-state index contributed by atoms with van der Waals surface area (Å²) in [5.74, 6) is -0.335. The number of carbonyl (C=O) groups is 1. The highest BCUT2D eigenvalue weighted by molar-refractivity contribution is 5.93. The van der Waals surface area contributed by atoms with Gasteiger partial charge < -0.3 is 15.0 Å². The molecule has 6 nitrogen and oxygen atoms in total. The second-order valence-corrected chi connectivity index (χ2v) is 5.52. The third-order valence-corrected chi connectivity index (χ3v) is 3.55. The average molecular weight is 279 g/mol. The molecule has 2 N–H and O–H groups in total. The number of nitrogens with one attached hydrogen (secondary N) is 2. The first-order chi connectivity index (χ1) is 9.50. The Balaban J connectivity index is 1.85. The van der Waals surface area contributed by atoms with Crippen molar-refractivity contribution >= 4 is 5.91 Å². The molecule has 1 aliphatic rings. The van der Waals surface area contributed by atoms with Crippen molar-refractivity contribution in [2.45, 2.75) is 19.4 Å². The summed E-state index contributed by atoms with van der Waals surface area (Å²) in [6.45, 7) is 7.76. The van der Waals surface area contributed by atoms with Gasteiger partial charge in [0.05, 0.1) is 13.2 Å². The Morgan fingerprint density at radius 3 is 3.05 bits per heavy atom. The molecule has 2 rings (SSSR count). The highest BCUT2D eigenvalue weighted by Gasteiger charge is 2.29. The molecule has 1 amide bonds. The summed E-state index contributed by atoms with van der Waals surface area (Å²) in [5.41, 5.74) is -0.238. The van der Waals surface area contributed by atoms with Crippen LogP contribution in [0.15, 0.2) is 23.1 Å². The van der Waals surface area contributed by atoms with Crippen LogP contribution in [0.3, 0.4) is 0 Å². The molecule has 1 fully saturated rings. The Morgan fingerprint density at radius 1 is 1.55 bits per heavy atom. The number of aromatic nitrogens is 1. The van der Waals surface area contributed by atoms with Gasteiger partial charge in [0.15, 0.2) is 0 Å². The van der Waals surface area contributed by atoms with E-state index in [4.69, 9.17) is 4.74 Å². The summed E-state index contributed by atoms with van der Waals surface area (Å²) >= 11 is 0. The summed E-state index contributed by atoms with van der Waals surface area (Å²) in [5, 5.41) is 2.78. The van der Waals surface area contributed by atoms with Gasteiger partial charge in [-0.1, -0.05) is 0 Å². The first kappa shape index (κ1) is 14.7. The molecule has 1 aliphatic heterocycles. The molecule has 2 heterocycles. The topological polar surface area (TPSA) is 74.4 Å². The summed E-state index contributed by atoms with van der Waals surface area (Å²) < 4.78 is 5.45. The number of carbonyl (C=O) groups excluding carboxylic acids is 1. The number of hydrogen-bond donors (Lipinski definition) is 2. The quantitative estimate of drug-likeness (QED) is 0.826. The second kappa shape index (κ2) is 6.19. The maximum atomic E-state index is 11.9. The second-order valence-electron chi connectivity index (χ2n) is 5.52. The van der Waals surface area contributed by atoms with Gasteiger partial charge in [0, 0.05) is 31.4 Å². The van der Waals surface area contributed by atoms with E-state index in [9.17, 15) is 9.59 Å². The molecule has 0 aliphatic carbocycles. The Bertz CT molecular complexity index is 524. The lowest BCUT2D eigenvalue weighted by atomic mass is 10.0. The van der Waals surface area contributed by atoms with Crippen molar-refractivity contribution in [1.29, 1.82) is 0 Å². The highest BCUT2D eigenvalue weighted by atomic mass is 16.5. The normalized spacial score (nSPS) is 18.7. The van der Waals surface area contributed by atoms with Crippen molar-refractivity contribution < 1.29 is 9.53 Å². The van der Waals surface area contributed by atoms with E-state index in [0.717, 1.165) is 19.7 Å². The van der Waals surface area contributed by atoms with Crippen LogP contribution in [0.4, 0.5) is 0 Å². The van der Waals surface area contributed by atoms with Gasteiger partial charge >= 0.3 is 0 Å². The number of aromatic amines is 1. The van der Waals surface area contributed by atoms with Crippen LogP contribution in [-0.4, -0.2) is 54.2 Å². The third kappa shape index (κ3) is 3.46. The zero-order chi connectivity index (χ0) is 14.6. The maximum Gasteiger partial charge on any atom is 0.260 e. The lowest BCUT2D eigenvalue weighted by Crippen LogP contribution is -2.54. The molecule has 1 aromatic rings. The van der Waals surface area contributed by atoms with E-state index in [2.05, 4.69) is 29.0 Å². The molecule has 20 heavy (non-hydrogen) atoms. The van der Waals surface area contributed by atoms with Gasteiger partial charge in [0.25, 0.3) is 11.5 Å².